The minimum Gasteiger partial charge on any atom is -0.496 e. The maximum atomic E-state index is 12.6. The van der Waals surface area contributed by atoms with Crippen LogP contribution in [0.15, 0.2) is 83.6 Å². The van der Waals surface area contributed by atoms with E-state index in [0.29, 0.717) is 17.9 Å². The van der Waals surface area contributed by atoms with E-state index in [-0.39, 0.29) is 11.6 Å². The Morgan fingerprint density at radius 2 is 1.83 bits per heavy atom. The predicted octanol–water partition coefficient (Wildman–Crippen LogP) is 4.59. The highest BCUT2D eigenvalue weighted by Crippen LogP contribution is 2.26. The molecule has 29 heavy (non-hydrogen) atoms. The topological polar surface area (TPSA) is 77.2 Å². The Kier molecular flexibility index (Phi) is 5.33. The first-order chi connectivity index (χ1) is 14.2. The lowest BCUT2D eigenvalue weighted by Crippen LogP contribution is -2.12. The van der Waals surface area contributed by atoms with E-state index in [1.807, 2.05) is 30.3 Å². The van der Waals surface area contributed by atoms with Crippen molar-refractivity contribution >= 4 is 11.6 Å². The molecule has 6 nitrogen and oxygen atoms in total. The van der Waals surface area contributed by atoms with Crippen molar-refractivity contribution in [3.8, 4) is 17.1 Å². The molecular weight excluding hydrogens is 366 g/mol. The van der Waals surface area contributed by atoms with Gasteiger partial charge >= 0.3 is 0 Å². The van der Waals surface area contributed by atoms with Crippen LogP contribution in [0.2, 0.25) is 0 Å². The molecule has 1 N–H and O–H groups in total. The summed E-state index contributed by atoms with van der Waals surface area (Å²) < 4.78 is 10.8. The van der Waals surface area contributed by atoms with Crippen molar-refractivity contribution in [2.45, 2.75) is 6.42 Å². The van der Waals surface area contributed by atoms with Crippen molar-refractivity contribution in [2.24, 2.45) is 0 Å². The predicted molar refractivity (Wildman–Crippen MR) is 110 cm³/mol. The molecule has 0 aliphatic carbocycles. The van der Waals surface area contributed by atoms with Gasteiger partial charge in [-0.25, -0.2) is 0 Å². The zero-order valence-electron chi connectivity index (χ0n) is 15.8. The molecule has 0 aliphatic heterocycles. The Morgan fingerprint density at radius 1 is 1.03 bits per heavy atom. The Labute approximate surface area is 168 Å². The number of hydrogen-bond donors (Lipinski definition) is 1. The van der Waals surface area contributed by atoms with E-state index in [1.54, 1.807) is 43.8 Å². The second kappa shape index (κ2) is 8.39. The van der Waals surface area contributed by atoms with E-state index in [1.165, 1.54) is 0 Å². The van der Waals surface area contributed by atoms with Crippen molar-refractivity contribution in [1.29, 1.82) is 0 Å². The van der Waals surface area contributed by atoms with Gasteiger partial charge in [-0.05, 0) is 35.9 Å². The van der Waals surface area contributed by atoms with Gasteiger partial charge in [0.2, 0.25) is 0 Å². The zero-order chi connectivity index (χ0) is 20.1. The smallest absolute Gasteiger partial charge is 0.277 e. The molecule has 0 unspecified atom stereocenters. The normalized spacial score (nSPS) is 10.5. The van der Waals surface area contributed by atoms with Crippen LogP contribution in [0.5, 0.6) is 5.75 Å². The molecule has 0 saturated carbocycles. The van der Waals surface area contributed by atoms with Crippen LogP contribution in [-0.4, -0.2) is 23.2 Å². The van der Waals surface area contributed by atoms with E-state index >= 15 is 0 Å². The van der Waals surface area contributed by atoms with E-state index in [2.05, 4.69) is 27.6 Å². The number of benzene rings is 2. The third-order valence-electron chi connectivity index (χ3n) is 4.48. The lowest BCUT2D eigenvalue weighted by molar-refractivity contribution is 0.101. The Morgan fingerprint density at radius 3 is 2.59 bits per heavy atom. The SMILES string of the molecule is COc1ccc(NC(=O)c2cc(-c3ccncc3)on2)cc1Cc1ccccc1. The average molecular weight is 385 g/mol. The molecule has 0 bridgehead atoms. The Bertz CT molecular complexity index is 1110. The molecule has 0 spiro atoms. The van der Waals surface area contributed by atoms with E-state index < -0.39 is 0 Å². The van der Waals surface area contributed by atoms with Gasteiger partial charge in [0.05, 0.1) is 7.11 Å². The van der Waals surface area contributed by atoms with Gasteiger partial charge in [0.25, 0.3) is 5.91 Å². The average Bonchev–Trinajstić information content (AvgIpc) is 3.26. The maximum Gasteiger partial charge on any atom is 0.277 e. The summed E-state index contributed by atoms with van der Waals surface area (Å²) in [7, 11) is 1.64. The van der Waals surface area contributed by atoms with Gasteiger partial charge in [-0.3, -0.25) is 9.78 Å². The fraction of sp³-hybridized carbons (Fsp3) is 0.0870. The first kappa shape index (κ1) is 18.4. The number of carbonyl (C=O) groups is 1. The highest BCUT2D eigenvalue weighted by molar-refractivity contribution is 6.03. The van der Waals surface area contributed by atoms with Gasteiger partial charge in [-0.1, -0.05) is 35.5 Å². The van der Waals surface area contributed by atoms with Crippen LogP contribution in [0.25, 0.3) is 11.3 Å². The summed E-state index contributed by atoms with van der Waals surface area (Å²) in [6, 6.07) is 20.8. The monoisotopic (exact) mass is 385 g/mol. The first-order valence-corrected chi connectivity index (χ1v) is 9.12. The standard InChI is InChI=1S/C23H19N3O3/c1-28-21-8-7-19(14-18(21)13-16-5-3-2-4-6-16)25-23(27)20-15-22(29-26-20)17-9-11-24-12-10-17/h2-12,14-15H,13H2,1H3,(H,25,27). The zero-order valence-corrected chi connectivity index (χ0v) is 15.8. The number of anilines is 1. The minimum absolute atomic E-state index is 0.206. The third kappa shape index (κ3) is 4.32. The first-order valence-electron chi connectivity index (χ1n) is 9.12. The molecular formula is C23H19N3O3. The van der Waals surface area contributed by atoms with Crippen molar-refractivity contribution in [3.05, 3.63) is 95.9 Å². The third-order valence-corrected chi connectivity index (χ3v) is 4.48. The summed E-state index contributed by atoms with van der Waals surface area (Å²) in [6.07, 6.45) is 4.01. The fourth-order valence-electron chi connectivity index (χ4n) is 3.04. The lowest BCUT2D eigenvalue weighted by atomic mass is 10.0. The highest BCUT2D eigenvalue weighted by Gasteiger charge is 2.15. The minimum atomic E-state index is -0.343. The van der Waals surface area contributed by atoms with Crippen LogP contribution in [-0.2, 0) is 6.42 Å². The Hall–Kier alpha value is -3.93. The van der Waals surface area contributed by atoms with Crippen molar-refractivity contribution in [2.75, 3.05) is 12.4 Å². The van der Waals surface area contributed by atoms with Gasteiger partial charge < -0.3 is 14.6 Å². The number of aromatic nitrogens is 2. The molecule has 0 saturated heterocycles. The maximum absolute atomic E-state index is 12.6. The summed E-state index contributed by atoms with van der Waals surface area (Å²) in [6.45, 7) is 0. The molecule has 6 heteroatoms. The van der Waals surface area contributed by atoms with Gasteiger partial charge in [0.15, 0.2) is 11.5 Å². The summed E-state index contributed by atoms with van der Waals surface area (Å²) in [5.41, 5.74) is 3.82. The second-order valence-corrected chi connectivity index (χ2v) is 6.46. The molecule has 2 aromatic heterocycles. The van der Waals surface area contributed by atoms with Crippen LogP contribution in [0.3, 0.4) is 0 Å². The number of amides is 1. The number of carbonyl (C=O) groups excluding carboxylic acids is 1. The lowest BCUT2D eigenvalue weighted by Gasteiger charge is -2.11. The molecule has 144 valence electrons. The quantitative estimate of drug-likeness (QED) is 0.525. The second-order valence-electron chi connectivity index (χ2n) is 6.46. The number of rotatable bonds is 6. The highest BCUT2D eigenvalue weighted by atomic mass is 16.5. The number of methoxy groups -OCH3 is 1. The number of nitrogens with zero attached hydrogens (tertiary/aromatic N) is 2. The van der Waals surface area contributed by atoms with Gasteiger partial charge in [-0.2, -0.15) is 0 Å². The number of hydrogen-bond acceptors (Lipinski definition) is 5. The summed E-state index contributed by atoms with van der Waals surface area (Å²) in [5.74, 6) is 0.940. The van der Waals surface area contributed by atoms with Gasteiger partial charge in [0.1, 0.15) is 5.75 Å². The van der Waals surface area contributed by atoms with Crippen molar-refractivity contribution < 1.29 is 14.1 Å². The molecule has 4 aromatic rings. The molecule has 0 atom stereocenters. The van der Waals surface area contributed by atoms with Crippen molar-refractivity contribution in [3.63, 3.8) is 0 Å². The van der Waals surface area contributed by atoms with Gasteiger partial charge in [-0.15, -0.1) is 0 Å². The van der Waals surface area contributed by atoms with Crippen LogP contribution >= 0.6 is 0 Å². The summed E-state index contributed by atoms with van der Waals surface area (Å²) in [4.78, 5) is 16.6. The Balaban J connectivity index is 1.52. The summed E-state index contributed by atoms with van der Waals surface area (Å²) >= 11 is 0. The van der Waals surface area contributed by atoms with Crippen LogP contribution in [0, 0.1) is 0 Å². The number of nitrogens with one attached hydrogen (secondary N) is 1. The summed E-state index contributed by atoms with van der Waals surface area (Å²) in [5, 5.41) is 6.75. The van der Waals surface area contributed by atoms with E-state index in [0.717, 1.165) is 22.4 Å². The number of ether oxygens (including phenoxy) is 1. The largest absolute Gasteiger partial charge is 0.496 e. The van der Waals surface area contributed by atoms with Gasteiger partial charge in [0, 0.05) is 41.7 Å². The number of pyridine rings is 1. The molecule has 0 radical (unpaired) electrons. The molecule has 1 amide bonds. The molecule has 2 aromatic carbocycles. The molecule has 0 fully saturated rings. The molecule has 0 aliphatic rings. The molecule has 4 rings (SSSR count). The van der Waals surface area contributed by atoms with E-state index in [4.69, 9.17) is 9.26 Å². The van der Waals surface area contributed by atoms with Crippen LogP contribution < -0.4 is 10.1 Å². The van der Waals surface area contributed by atoms with E-state index in [9.17, 15) is 4.79 Å². The van der Waals surface area contributed by atoms with Crippen LogP contribution in [0.1, 0.15) is 21.6 Å². The van der Waals surface area contributed by atoms with Crippen LogP contribution in [0.4, 0.5) is 5.69 Å². The molecule has 2 heterocycles. The van der Waals surface area contributed by atoms with Crippen molar-refractivity contribution in [1.82, 2.24) is 10.1 Å². The fourth-order valence-corrected chi connectivity index (χ4v) is 3.04.